The molecule has 0 bridgehead atoms. The molecule has 0 saturated carbocycles. The lowest BCUT2D eigenvalue weighted by atomic mass is 10.0. The Morgan fingerprint density at radius 1 is 0.328 bits per heavy atom. The van der Waals surface area contributed by atoms with E-state index in [2.05, 4.69) is 149 Å². The summed E-state index contributed by atoms with van der Waals surface area (Å²) in [5, 5.41) is 14.4. The maximum absolute atomic E-state index is 9.64. The van der Waals surface area contributed by atoms with Gasteiger partial charge in [0.1, 0.15) is 0 Å². The van der Waals surface area contributed by atoms with Gasteiger partial charge in [0.25, 0.3) is 0 Å². The highest BCUT2D eigenvalue weighted by Gasteiger charge is 2.18. The Morgan fingerprint density at radius 2 is 0.828 bits per heavy atom. The Morgan fingerprint density at radius 3 is 1.55 bits per heavy atom. The van der Waals surface area contributed by atoms with Crippen LogP contribution in [0.1, 0.15) is 5.56 Å². The van der Waals surface area contributed by atoms with E-state index in [0.717, 1.165) is 50.2 Å². The lowest BCUT2D eigenvalue weighted by molar-refractivity contribution is 1.07. The summed E-state index contributed by atoms with van der Waals surface area (Å²) in [6, 6.07) is 69.4. The van der Waals surface area contributed by atoms with Crippen molar-refractivity contribution in [1.29, 1.82) is 5.26 Å². The Hall–Kier alpha value is -8.14. The largest absolute Gasteiger partial charge is 0.309 e. The van der Waals surface area contributed by atoms with E-state index in [0.29, 0.717) is 23.0 Å². The maximum Gasteiger partial charge on any atom is 0.164 e. The van der Waals surface area contributed by atoms with Crippen LogP contribution < -0.4 is 0 Å². The van der Waals surface area contributed by atoms with Crippen molar-refractivity contribution < 1.29 is 0 Å². The van der Waals surface area contributed by atoms with Crippen LogP contribution >= 0.6 is 0 Å². The molecule has 6 heteroatoms. The van der Waals surface area contributed by atoms with Gasteiger partial charge in [-0.05, 0) is 77.9 Å². The third kappa shape index (κ3) is 5.53. The summed E-state index contributed by atoms with van der Waals surface area (Å²) in [5.74, 6) is 1.63. The fourth-order valence-corrected chi connectivity index (χ4v) is 8.30. The predicted molar refractivity (Wildman–Crippen MR) is 235 cm³/mol. The molecule has 0 radical (unpaired) electrons. The molecule has 3 heterocycles. The van der Waals surface area contributed by atoms with Gasteiger partial charge in [-0.2, -0.15) is 5.26 Å². The first-order valence-corrected chi connectivity index (χ1v) is 19.3. The first-order chi connectivity index (χ1) is 28.7. The molecule has 0 amide bonds. The van der Waals surface area contributed by atoms with Crippen LogP contribution in [0.5, 0.6) is 0 Å². The number of hydrogen-bond donors (Lipinski definition) is 0. The minimum atomic E-state index is 0.511. The van der Waals surface area contributed by atoms with Gasteiger partial charge in [-0.25, -0.2) is 15.0 Å². The number of nitriles is 1. The van der Waals surface area contributed by atoms with E-state index in [-0.39, 0.29) is 0 Å². The van der Waals surface area contributed by atoms with Crippen LogP contribution in [0.3, 0.4) is 0 Å². The zero-order chi connectivity index (χ0) is 38.6. The molecule has 0 spiro atoms. The van der Waals surface area contributed by atoms with Crippen molar-refractivity contribution in [2.75, 3.05) is 0 Å². The highest BCUT2D eigenvalue weighted by molar-refractivity contribution is 6.12. The van der Waals surface area contributed by atoms with Gasteiger partial charge in [0.05, 0.1) is 33.7 Å². The fraction of sp³-hybridized carbons (Fsp3) is 0. The van der Waals surface area contributed by atoms with E-state index in [1.807, 2.05) is 54.6 Å². The molecule has 11 aromatic rings. The van der Waals surface area contributed by atoms with Crippen LogP contribution in [0.15, 0.2) is 194 Å². The van der Waals surface area contributed by atoms with E-state index in [4.69, 9.17) is 15.0 Å². The second-order valence-electron chi connectivity index (χ2n) is 14.4. The normalized spacial score (nSPS) is 11.4. The number of nitrogens with zero attached hydrogens (tertiary/aromatic N) is 6. The topological polar surface area (TPSA) is 72.3 Å². The van der Waals surface area contributed by atoms with Crippen LogP contribution in [0.4, 0.5) is 0 Å². The number of hydrogen-bond acceptors (Lipinski definition) is 4. The summed E-state index contributed by atoms with van der Waals surface area (Å²) in [7, 11) is 0. The molecule has 3 aromatic heterocycles. The molecular weight excluding hydrogens is 709 g/mol. The number of para-hydroxylation sites is 3. The molecule has 0 N–H and O–H groups in total. The number of aromatic nitrogens is 5. The lowest BCUT2D eigenvalue weighted by Gasteiger charge is -2.12. The third-order valence-electron chi connectivity index (χ3n) is 11.0. The standard InChI is InChI=1S/C52H32N6/c53-33-34-13-11-16-38(29-34)51-54-50(35-14-3-1-4-15-35)55-52(56-51)39-17-12-20-41(30-39)58-46-23-9-7-21-42(46)44-27-25-37(32-49(44)58)36-26-28-48-45(31-36)43-22-8-10-24-47(43)57(48)40-18-5-2-6-19-40/h1-32H. The smallest absolute Gasteiger partial charge is 0.164 e. The Balaban J connectivity index is 1.07. The number of benzene rings is 8. The van der Waals surface area contributed by atoms with Crippen LogP contribution in [-0.4, -0.2) is 24.1 Å². The van der Waals surface area contributed by atoms with Gasteiger partial charge in [-0.15, -0.1) is 0 Å². The monoisotopic (exact) mass is 740 g/mol. The van der Waals surface area contributed by atoms with Gasteiger partial charge >= 0.3 is 0 Å². The van der Waals surface area contributed by atoms with E-state index in [9.17, 15) is 5.26 Å². The van der Waals surface area contributed by atoms with Crippen LogP contribution in [0.2, 0.25) is 0 Å². The number of fused-ring (bicyclic) bond motifs is 6. The summed E-state index contributed by atoms with van der Waals surface area (Å²) >= 11 is 0. The first-order valence-electron chi connectivity index (χ1n) is 19.3. The molecular formula is C52H32N6. The molecule has 0 saturated heterocycles. The average molecular weight is 741 g/mol. The van der Waals surface area contributed by atoms with Crippen molar-refractivity contribution in [3.05, 3.63) is 200 Å². The highest BCUT2D eigenvalue weighted by Crippen LogP contribution is 2.39. The minimum Gasteiger partial charge on any atom is -0.309 e. The molecule has 0 aliphatic rings. The van der Waals surface area contributed by atoms with E-state index >= 15 is 0 Å². The molecule has 11 rings (SSSR count). The summed E-state index contributed by atoms with van der Waals surface area (Å²) in [5.41, 5.74) is 12.1. The Kier molecular flexibility index (Phi) is 7.76. The molecule has 6 nitrogen and oxygen atoms in total. The van der Waals surface area contributed by atoms with Crippen molar-refractivity contribution in [2.24, 2.45) is 0 Å². The Bertz CT molecular complexity index is 3410. The quantitative estimate of drug-likeness (QED) is 0.170. The van der Waals surface area contributed by atoms with E-state index < -0.39 is 0 Å². The van der Waals surface area contributed by atoms with Gasteiger partial charge in [-0.1, -0.05) is 127 Å². The van der Waals surface area contributed by atoms with Gasteiger partial charge in [0.2, 0.25) is 0 Å². The minimum absolute atomic E-state index is 0.511. The van der Waals surface area contributed by atoms with E-state index in [1.165, 1.54) is 32.6 Å². The van der Waals surface area contributed by atoms with E-state index in [1.54, 1.807) is 6.07 Å². The first kappa shape index (κ1) is 33.2. The third-order valence-corrected chi connectivity index (χ3v) is 11.0. The summed E-state index contributed by atoms with van der Waals surface area (Å²) in [4.78, 5) is 14.9. The van der Waals surface area contributed by atoms with Crippen molar-refractivity contribution in [1.82, 2.24) is 24.1 Å². The molecule has 58 heavy (non-hydrogen) atoms. The molecule has 0 aliphatic carbocycles. The summed E-state index contributed by atoms with van der Waals surface area (Å²) < 4.78 is 4.69. The van der Waals surface area contributed by atoms with Crippen LogP contribution in [-0.2, 0) is 0 Å². The zero-order valence-corrected chi connectivity index (χ0v) is 31.2. The van der Waals surface area contributed by atoms with Crippen molar-refractivity contribution in [3.63, 3.8) is 0 Å². The number of rotatable bonds is 6. The van der Waals surface area contributed by atoms with Crippen molar-refractivity contribution in [3.8, 4) is 62.7 Å². The predicted octanol–water partition coefficient (Wildman–Crippen LogP) is 12.6. The second kappa shape index (κ2) is 13.6. The fourth-order valence-electron chi connectivity index (χ4n) is 8.30. The zero-order valence-electron chi connectivity index (χ0n) is 31.2. The van der Waals surface area contributed by atoms with Gasteiger partial charge in [-0.3, -0.25) is 0 Å². The average Bonchev–Trinajstić information content (AvgIpc) is 3.81. The van der Waals surface area contributed by atoms with Crippen LogP contribution in [0, 0.1) is 11.3 Å². The van der Waals surface area contributed by atoms with Gasteiger partial charge in [0, 0.05) is 49.6 Å². The summed E-state index contributed by atoms with van der Waals surface area (Å²) in [6.45, 7) is 0. The SMILES string of the molecule is N#Cc1cccc(-c2nc(-c3ccccc3)nc(-c3cccc(-n4c5ccccc5c5ccc(-c6ccc7c(c6)c6ccccc6n7-c6ccccc6)cc54)c3)n2)c1. The second-order valence-corrected chi connectivity index (χ2v) is 14.4. The highest BCUT2D eigenvalue weighted by atomic mass is 15.0. The molecule has 0 aliphatic heterocycles. The molecule has 0 unspecified atom stereocenters. The maximum atomic E-state index is 9.64. The molecule has 8 aromatic carbocycles. The molecule has 0 atom stereocenters. The van der Waals surface area contributed by atoms with Crippen LogP contribution in [0.25, 0.3) is 100 Å². The van der Waals surface area contributed by atoms with Crippen molar-refractivity contribution >= 4 is 43.6 Å². The van der Waals surface area contributed by atoms with Gasteiger partial charge in [0.15, 0.2) is 17.5 Å². The summed E-state index contributed by atoms with van der Waals surface area (Å²) in [6.07, 6.45) is 0. The molecule has 0 fully saturated rings. The van der Waals surface area contributed by atoms with Crippen molar-refractivity contribution in [2.45, 2.75) is 0 Å². The Labute approximate surface area is 334 Å². The lowest BCUT2D eigenvalue weighted by Crippen LogP contribution is -2.01. The molecule has 270 valence electrons. The van der Waals surface area contributed by atoms with Gasteiger partial charge < -0.3 is 9.13 Å².